The fourth-order valence-electron chi connectivity index (χ4n) is 10.6. The van der Waals surface area contributed by atoms with Crippen LogP contribution in [0.15, 0.2) is 69.6 Å². The van der Waals surface area contributed by atoms with Crippen LogP contribution in [0, 0.1) is 11.8 Å². The van der Waals surface area contributed by atoms with Crippen LogP contribution in [0.5, 0.6) is 0 Å². The van der Waals surface area contributed by atoms with Gasteiger partial charge in [-0.05, 0) is 87.5 Å². The van der Waals surface area contributed by atoms with Crippen molar-refractivity contribution in [2.24, 2.45) is 17.6 Å². The Kier molecular flexibility index (Phi) is 26.5. The summed E-state index contributed by atoms with van der Waals surface area (Å²) in [6.07, 6.45) is 6.51. The monoisotopic (exact) mass is 1230 g/mol. The van der Waals surface area contributed by atoms with Crippen LogP contribution in [0.2, 0.25) is 0 Å². The highest BCUT2D eigenvalue weighted by Crippen LogP contribution is 2.32. The van der Waals surface area contributed by atoms with Gasteiger partial charge in [-0.3, -0.25) is 57.7 Å². The number of amides is 9. The van der Waals surface area contributed by atoms with E-state index in [1.807, 2.05) is 87.5 Å². The highest BCUT2D eigenvalue weighted by atomic mass is 32.2. The smallest absolute Gasteiger partial charge is 0.303 e. The van der Waals surface area contributed by atoms with Crippen molar-refractivity contribution in [3.63, 3.8) is 0 Å². The number of ether oxygens (including phenoxy) is 1. The maximum atomic E-state index is 14.6. The number of likely N-dealkylation sites (N-methyl/N-ethyl adjacent to an activating group) is 2. The number of thiazole rings is 1. The van der Waals surface area contributed by atoms with Crippen molar-refractivity contribution in [3.8, 4) is 0 Å². The standard InChI is InChI=1S/C60H85N11O11S3/c1-8-39(4)53(66-57(79)46-21-13-15-27-67(46)6)60(81)68(7)47(38(2)3)35-48(82-40(5)72)58-65-45(37-85-58)56(78)64-44(36-84-52-23-17-33-83-52)55(77)62-42(20-12-14-26-61)54(76)63-43(34-41-18-10-9-11-19-41)59(80)70-31-29-69(30-32-70)49(73)22-16-28-71-50(74)24-25-51(71)75/h9-11,17-19,23-25,33,37-39,42-44,46-48,53H,8,12-16,20-22,26-32,34-36,61H2,1-7H3,(H,62,77)(H,63,76)(H,64,78)(H,66,79)/t39-,42+,43-,44-,46+,47+,48+,53-/m0/s1. The number of thioether (sulfide) groups is 1. The topological polar surface area (TPSA) is 283 Å². The van der Waals surface area contributed by atoms with E-state index in [1.165, 1.54) is 47.6 Å². The van der Waals surface area contributed by atoms with Gasteiger partial charge < -0.3 is 46.4 Å². The van der Waals surface area contributed by atoms with Crippen molar-refractivity contribution in [1.29, 1.82) is 0 Å². The number of nitrogens with one attached hydrogen (secondary N) is 4. The van der Waals surface area contributed by atoms with Crippen LogP contribution in [0.3, 0.4) is 0 Å². The van der Waals surface area contributed by atoms with Crippen molar-refractivity contribution < 1.29 is 52.7 Å². The molecule has 6 rings (SSSR count). The number of carbonyl (C=O) groups is 10. The van der Waals surface area contributed by atoms with Gasteiger partial charge in [0.15, 0.2) is 6.10 Å². The Bertz CT molecular complexity index is 2770. The Balaban J connectivity index is 1.15. The first-order valence-corrected chi connectivity index (χ1v) is 32.3. The van der Waals surface area contributed by atoms with Crippen molar-refractivity contribution in [3.05, 3.63) is 81.6 Å². The minimum absolute atomic E-state index is 0.0517. The van der Waals surface area contributed by atoms with Crippen molar-refractivity contribution in [1.82, 2.24) is 50.8 Å². The lowest BCUT2D eigenvalue weighted by Crippen LogP contribution is -2.59. The molecule has 8 atom stereocenters. The molecule has 22 nitrogen and oxygen atoms in total. The van der Waals surface area contributed by atoms with E-state index in [-0.39, 0.29) is 111 Å². The van der Waals surface area contributed by atoms with Gasteiger partial charge in [0, 0.05) is 95.3 Å². The number of aromatic nitrogens is 1. The summed E-state index contributed by atoms with van der Waals surface area (Å²) in [5.41, 5.74) is 6.61. The molecule has 25 heteroatoms. The number of esters is 1. The first-order valence-electron chi connectivity index (χ1n) is 29.5. The van der Waals surface area contributed by atoms with Gasteiger partial charge in [0.25, 0.3) is 17.7 Å². The third-order valence-electron chi connectivity index (χ3n) is 15.9. The summed E-state index contributed by atoms with van der Waals surface area (Å²) in [6, 6.07) is 7.88. The maximum Gasteiger partial charge on any atom is 0.303 e. The molecule has 6 N–H and O–H groups in total. The van der Waals surface area contributed by atoms with E-state index in [1.54, 1.807) is 21.7 Å². The molecule has 0 spiro atoms. The summed E-state index contributed by atoms with van der Waals surface area (Å²) in [6.45, 7) is 11.2. The summed E-state index contributed by atoms with van der Waals surface area (Å²) in [4.78, 5) is 149. The molecular formula is C60H85N11O11S3. The first-order chi connectivity index (χ1) is 40.7. The van der Waals surface area contributed by atoms with Crippen LogP contribution in [-0.4, -0.2) is 191 Å². The van der Waals surface area contributed by atoms with Crippen LogP contribution < -0.4 is 27.0 Å². The normalized spacial score (nSPS) is 18.0. The molecule has 2 saturated heterocycles. The SMILES string of the molecule is CC[C@H](C)[C@H](NC(=O)[C@H]1CCCCN1C)C(=O)N(C)[C@H](C[C@@H](OC(C)=O)c1nc(C(=O)N[C@@H](CSc2cccs2)C(=O)N[C@H](CCCCN)C(=O)N[C@@H](Cc2ccccc2)C(=O)N2CCN(C(=O)CCCN3C(=O)C=CC3=O)CC2)cs1)C(C)C. The Morgan fingerprint density at radius 3 is 2.14 bits per heavy atom. The van der Waals surface area contributed by atoms with E-state index in [2.05, 4.69) is 26.3 Å². The van der Waals surface area contributed by atoms with Gasteiger partial charge in [0.2, 0.25) is 35.4 Å². The molecule has 0 aliphatic carbocycles. The Hall–Kier alpha value is -6.54. The molecule has 85 heavy (non-hydrogen) atoms. The largest absolute Gasteiger partial charge is 0.455 e. The molecule has 3 aliphatic rings. The molecule has 2 aromatic heterocycles. The lowest BCUT2D eigenvalue weighted by Gasteiger charge is -2.38. The van der Waals surface area contributed by atoms with Gasteiger partial charge in [-0.2, -0.15) is 0 Å². The Morgan fingerprint density at radius 1 is 0.824 bits per heavy atom. The lowest BCUT2D eigenvalue weighted by atomic mass is 9.92. The molecule has 0 bridgehead atoms. The van der Waals surface area contributed by atoms with E-state index >= 15 is 0 Å². The predicted octanol–water partition coefficient (Wildman–Crippen LogP) is 4.31. The van der Waals surface area contributed by atoms with Crippen LogP contribution in [0.25, 0.3) is 0 Å². The van der Waals surface area contributed by atoms with Gasteiger partial charge in [0.05, 0.1) is 10.3 Å². The van der Waals surface area contributed by atoms with Gasteiger partial charge in [0.1, 0.15) is 34.9 Å². The van der Waals surface area contributed by atoms with E-state index in [4.69, 9.17) is 10.5 Å². The number of likely N-dealkylation sites (tertiary alicyclic amines) is 1. The van der Waals surface area contributed by atoms with Crippen LogP contribution in [0.1, 0.15) is 126 Å². The second-order valence-corrected chi connectivity index (χ2v) is 25.5. The van der Waals surface area contributed by atoms with E-state index < -0.39 is 71.8 Å². The van der Waals surface area contributed by atoms with Crippen molar-refractivity contribution in [2.75, 3.05) is 65.7 Å². The third-order valence-corrected chi connectivity index (χ3v) is 19.0. The van der Waals surface area contributed by atoms with Crippen LogP contribution >= 0.6 is 34.4 Å². The van der Waals surface area contributed by atoms with E-state index in [0.29, 0.717) is 43.7 Å². The molecule has 1 aromatic carbocycles. The molecule has 0 radical (unpaired) electrons. The second-order valence-electron chi connectivity index (χ2n) is 22.4. The van der Waals surface area contributed by atoms with Gasteiger partial charge in [-0.15, -0.1) is 34.4 Å². The minimum Gasteiger partial charge on any atom is -0.455 e. The summed E-state index contributed by atoms with van der Waals surface area (Å²) in [5, 5.41) is 15.5. The molecule has 0 unspecified atom stereocenters. The summed E-state index contributed by atoms with van der Waals surface area (Å²) < 4.78 is 6.75. The molecule has 464 valence electrons. The number of unbranched alkanes of at least 4 members (excludes halogenated alkanes) is 1. The third kappa shape index (κ3) is 19.7. The number of benzene rings is 1. The fraction of sp³-hybridized carbons (Fsp3) is 0.583. The maximum absolute atomic E-state index is 14.6. The highest BCUT2D eigenvalue weighted by molar-refractivity contribution is 8.01. The Labute approximate surface area is 511 Å². The number of nitrogens with zero attached hydrogens (tertiary/aromatic N) is 6. The molecule has 2 fully saturated rings. The molecular weight excluding hydrogens is 1150 g/mol. The van der Waals surface area contributed by atoms with Crippen molar-refractivity contribution >= 4 is 93.6 Å². The number of hydrogen-bond donors (Lipinski definition) is 5. The van der Waals surface area contributed by atoms with E-state index in [9.17, 15) is 47.9 Å². The second kappa shape index (κ2) is 33.4. The number of nitrogens with two attached hydrogens (primary N) is 1. The number of imide groups is 1. The van der Waals surface area contributed by atoms with Crippen molar-refractivity contribution in [2.45, 2.75) is 152 Å². The number of piperazine rings is 1. The minimum atomic E-state index is -1.20. The number of rotatable bonds is 31. The zero-order valence-corrected chi connectivity index (χ0v) is 52.4. The average Bonchev–Trinajstić information content (AvgIpc) is 4.49. The zero-order valence-electron chi connectivity index (χ0n) is 50.0. The number of thiophene rings is 1. The number of piperidine rings is 1. The van der Waals surface area contributed by atoms with E-state index in [0.717, 1.165) is 45.4 Å². The zero-order chi connectivity index (χ0) is 61.7. The highest BCUT2D eigenvalue weighted by Gasteiger charge is 2.39. The number of carbonyl (C=O) groups excluding carboxylic acids is 10. The lowest BCUT2D eigenvalue weighted by molar-refractivity contribution is -0.149. The first kappa shape index (κ1) is 67.6. The fourth-order valence-corrected chi connectivity index (χ4v) is 13.3. The van der Waals surface area contributed by atoms with Crippen LogP contribution in [-0.2, 0) is 54.3 Å². The summed E-state index contributed by atoms with van der Waals surface area (Å²) in [7, 11) is 3.61. The van der Waals surface area contributed by atoms with Gasteiger partial charge in [-0.1, -0.05) is 76.9 Å². The predicted molar refractivity (Wildman–Crippen MR) is 326 cm³/mol. The molecule has 0 saturated carbocycles. The quantitative estimate of drug-likeness (QED) is 0.0260. The average molecular weight is 1230 g/mol. The molecule has 9 amide bonds. The summed E-state index contributed by atoms with van der Waals surface area (Å²) >= 11 is 3.88. The van der Waals surface area contributed by atoms with Gasteiger partial charge >= 0.3 is 5.97 Å². The summed E-state index contributed by atoms with van der Waals surface area (Å²) in [5.74, 6) is -4.65. The molecule has 3 aliphatic heterocycles. The molecule has 5 heterocycles. The number of hydrogen-bond acceptors (Lipinski definition) is 17. The Morgan fingerprint density at radius 2 is 1.51 bits per heavy atom. The van der Waals surface area contributed by atoms with Gasteiger partial charge in [-0.25, -0.2) is 4.98 Å². The molecule has 3 aromatic rings. The van der Waals surface area contributed by atoms with Crippen LogP contribution in [0.4, 0.5) is 0 Å².